The molecular formula is C12H18BrNO2S. The Kier molecular flexibility index (Phi) is 5.16. The summed E-state index contributed by atoms with van der Waals surface area (Å²) in [5.41, 5.74) is 2.33. The van der Waals surface area contributed by atoms with Gasteiger partial charge >= 0.3 is 0 Å². The SMILES string of the molecule is Cc1ccc(CNC(C)CS(C)(=O)=O)c(Br)c1. The lowest BCUT2D eigenvalue weighted by Crippen LogP contribution is -2.32. The average molecular weight is 320 g/mol. The lowest BCUT2D eigenvalue weighted by Gasteiger charge is -2.13. The third kappa shape index (κ3) is 5.66. The van der Waals surface area contributed by atoms with Gasteiger partial charge in [0.2, 0.25) is 0 Å². The van der Waals surface area contributed by atoms with E-state index in [9.17, 15) is 8.42 Å². The third-order valence-electron chi connectivity index (χ3n) is 2.40. The summed E-state index contributed by atoms with van der Waals surface area (Å²) >= 11 is 3.50. The summed E-state index contributed by atoms with van der Waals surface area (Å²) < 4.78 is 23.3. The van der Waals surface area contributed by atoms with Crippen LogP contribution in [0.1, 0.15) is 18.1 Å². The number of nitrogens with one attached hydrogen (secondary N) is 1. The zero-order chi connectivity index (χ0) is 13.1. The van der Waals surface area contributed by atoms with Crippen molar-refractivity contribution in [1.82, 2.24) is 5.32 Å². The Balaban J connectivity index is 2.56. The average Bonchev–Trinajstić information content (AvgIpc) is 2.13. The minimum Gasteiger partial charge on any atom is -0.309 e. The Labute approximate surface area is 112 Å². The molecule has 1 aromatic carbocycles. The van der Waals surface area contributed by atoms with E-state index in [0.717, 1.165) is 10.0 Å². The van der Waals surface area contributed by atoms with E-state index in [0.29, 0.717) is 6.54 Å². The maximum Gasteiger partial charge on any atom is 0.148 e. The van der Waals surface area contributed by atoms with Gasteiger partial charge in [-0.25, -0.2) is 8.42 Å². The molecule has 1 atom stereocenters. The fraction of sp³-hybridized carbons (Fsp3) is 0.500. The second-order valence-corrected chi connectivity index (χ2v) is 7.51. The van der Waals surface area contributed by atoms with Gasteiger partial charge in [0.05, 0.1) is 5.75 Å². The molecule has 17 heavy (non-hydrogen) atoms. The molecule has 0 fully saturated rings. The van der Waals surface area contributed by atoms with Gasteiger partial charge in [-0.1, -0.05) is 28.1 Å². The third-order valence-corrected chi connectivity index (χ3v) is 4.25. The smallest absolute Gasteiger partial charge is 0.148 e. The molecule has 1 unspecified atom stereocenters. The predicted molar refractivity (Wildman–Crippen MR) is 74.9 cm³/mol. The van der Waals surface area contributed by atoms with Gasteiger partial charge in [-0.05, 0) is 31.0 Å². The second kappa shape index (κ2) is 5.98. The van der Waals surface area contributed by atoms with Gasteiger partial charge in [-0.2, -0.15) is 0 Å². The summed E-state index contributed by atoms with van der Waals surface area (Å²) in [4.78, 5) is 0. The van der Waals surface area contributed by atoms with Crippen LogP contribution in [0.4, 0.5) is 0 Å². The Bertz CT molecular complexity index is 485. The molecule has 0 aliphatic heterocycles. The fourth-order valence-electron chi connectivity index (χ4n) is 1.59. The van der Waals surface area contributed by atoms with E-state index in [4.69, 9.17) is 0 Å². The predicted octanol–water partition coefficient (Wildman–Crippen LogP) is 2.28. The maximum absolute atomic E-state index is 11.1. The van der Waals surface area contributed by atoms with Gasteiger partial charge in [0, 0.05) is 23.3 Å². The summed E-state index contributed by atoms with van der Waals surface area (Å²) in [6.45, 7) is 4.58. The van der Waals surface area contributed by atoms with Crippen molar-refractivity contribution in [2.45, 2.75) is 26.4 Å². The zero-order valence-corrected chi connectivity index (χ0v) is 12.7. The quantitative estimate of drug-likeness (QED) is 0.905. The molecule has 0 saturated carbocycles. The number of rotatable bonds is 5. The van der Waals surface area contributed by atoms with Crippen molar-refractivity contribution in [3.05, 3.63) is 33.8 Å². The Morgan fingerprint density at radius 3 is 2.59 bits per heavy atom. The molecule has 0 bridgehead atoms. The highest BCUT2D eigenvalue weighted by molar-refractivity contribution is 9.10. The highest BCUT2D eigenvalue weighted by Gasteiger charge is 2.10. The Hall–Kier alpha value is -0.390. The number of hydrogen-bond acceptors (Lipinski definition) is 3. The van der Waals surface area contributed by atoms with Crippen LogP contribution in [0.25, 0.3) is 0 Å². The minimum atomic E-state index is -2.92. The standard InChI is InChI=1S/C12H18BrNO2S/c1-9-4-5-11(12(13)6-9)7-14-10(2)8-17(3,15)16/h4-6,10,14H,7-8H2,1-3H3. The number of halogens is 1. The second-order valence-electron chi connectivity index (χ2n) is 4.47. The lowest BCUT2D eigenvalue weighted by atomic mass is 10.1. The molecular weight excluding hydrogens is 302 g/mol. The maximum atomic E-state index is 11.1. The molecule has 5 heteroatoms. The zero-order valence-electron chi connectivity index (χ0n) is 10.3. The van der Waals surface area contributed by atoms with E-state index in [1.807, 2.05) is 26.0 Å². The van der Waals surface area contributed by atoms with E-state index >= 15 is 0 Å². The van der Waals surface area contributed by atoms with Crippen LogP contribution >= 0.6 is 15.9 Å². The van der Waals surface area contributed by atoms with E-state index in [1.165, 1.54) is 11.8 Å². The largest absolute Gasteiger partial charge is 0.309 e. The Morgan fingerprint density at radius 1 is 1.41 bits per heavy atom. The van der Waals surface area contributed by atoms with Crippen LogP contribution in [-0.4, -0.2) is 26.5 Å². The van der Waals surface area contributed by atoms with E-state index in [1.54, 1.807) is 0 Å². The summed E-state index contributed by atoms with van der Waals surface area (Å²) in [5, 5.41) is 3.21. The van der Waals surface area contributed by atoms with Crippen molar-refractivity contribution < 1.29 is 8.42 Å². The molecule has 0 aromatic heterocycles. The molecule has 0 radical (unpaired) electrons. The first kappa shape index (κ1) is 14.7. The number of sulfone groups is 1. The minimum absolute atomic E-state index is 0.0433. The summed E-state index contributed by atoms with van der Waals surface area (Å²) in [7, 11) is -2.92. The van der Waals surface area contributed by atoms with Crippen LogP contribution in [0.15, 0.2) is 22.7 Å². The van der Waals surface area contributed by atoms with Crippen LogP contribution < -0.4 is 5.32 Å². The van der Waals surface area contributed by atoms with E-state index < -0.39 is 9.84 Å². The summed E-state index contributed by atoms with van der Waals surface area (Å²) in [6, 6.07) is 6.10. The Morgan fingerprint density at radius 2 is 2.06 bits per heavy atom. The molecule has 1 rings (SSSR count). The molecule has 3 nitrogen and oxygen atoms in total. The number of aryl methyl sites for hydroxylation is 1. The van der Waals surface area contributed by atoms with Gasteiger partial charge in [0.15, 0.2) is 0 Å². The topological polar surface area (TPSA) is 46.2 Å². The van der Waals surface area contributed by atoms with Crippen LogP contribution in [0, 0.1) is 6.92 Å². The highest BCUT2D eigenvalue weighted by Crippen LogP contribution is 2.18. The van der Waals surface area contributed by atoms with Crippen LogP contribution in [-0.2, 0) is 16.4 Å². The summed E-state index contributed by atoms with van der Waals surface area (Å²) in [5.74, 6) is 0.163. The van der Waals surface area contributed by atoms with Crippen molar-refractivity contribution in [3.63, 3.8) is 0 Å². The van der Waals surface area contributed by atoms with Crippen molar-refractivity contribution in [1.29, 1.82) is 0 Å². The highest BCUT2D eigenvalue weighted by atomic mass is 79.9. The van der Waals surface area contributed by atoms with Gasteiger partial charge < -0.3 is 5.32 Å². The van der Waals surface area contributed by atoms with E-state index in [-0.39, 0.29) is 11.8 Å². The van der Waals surface area contributed by atoms with Crippen molar-refractivity contribution in [3.8, 4) is 0 Å². The number of hydrogen-bond donors (Lipinski definition) is 1. The van der Waals surface area contributed by atoms with Gasteiger partial charge in [0.1, 0.15) is 9.84 Å². The summed E-state index contributed by atoms with van der Waals surface area (Å²) in [6.07, 6.45) is 1.26. The van der Waals surface area contributed by atoms with Crippen molar-refractivity contribution >= 4 is 25.8 Å². The van der Waals surface area contributed by atoms with Gasteiger partial charge in [0.25, 0.3) is 0 Å². The van der Waals surface area contributed by atoms with E-state index in [2.05, 4.69) is 27.3 Å². The van der Waals surface area contributed by atoms with Crippen molar-refractivity contribution in [2.75, 3.05) is 12.0 Å². The fourth-order valence-corrected chi connectivity index (χ4v) is 3.25. The molecule has 1 aromatic rings. The molecule has 0 aliphatic rings. The normalized spacial score (nSPS) is 13.6. The molecule has 0 spiro atoms. The van der Waals surface area contributed by atoms with Crippen LogP contribution in [0.5, 0.6) is 0 Å². The van der Waals surface area contributed by atoms with Crippen LogP contribution in [0.3, 0.4) is 0 Å². The molecule has 0 aliphatic carbocycles. The van der Waals surface area contributed by atoms with Crippen LogP contribution in [0.2, 0.25) is 0 Å². The van der Waals surface area contributed by atoms with Gasteiger partial charge in [-0.3, -0.25) is 0 Å². The first-order valence-corrected chi connectivity index (χ1v) is 8.29. The molecule has 96 valence electrons. The lowest BCUT2D eigenvalue weighted by molar-refractivity contribution is 0.559. The first-order chi connectivity index (χ1) is 7.78. The monoisotopic (exact) mass is 319 g/mol. The van der Waals surface area contributed by atoms with Crippen molar-refractivity contribution in [2.24, 2.45) is 0 Å². The molecule has 0 saturated heterocycles. The van der Waals surface area contributed by atoms with Gasteiger partial charge in [-0.15, -0.1) is 0 Å². The first-order valence-electron chi connectivity index (χ1n) is 5.44. The molecule has 0 heterocycles. The molecule has 0 amide bonds. The molecule has 1 N–H and O–H groups in total. The number of benzene rings is 1.